The summed E-state index contributed by atoms with van der Waals surface area (Å²) in [6.45, 7) is 8.95. The van der Waals surface area contributed by atoms with Crippen molar-refractivity contribution in [3.8, 4) is 0 Å². The van der Waals surface area contributed by atoms with Crippen LogP contribution in [0.15, 0.2) is 12.2 Å². The third-order valence-electron chi connectivity index (χ3n) is 8.44. The molecular formula is C28H44O6. The molecular weight excluding hydrogens is 432 g/mol. The Morgan fingerprint density at radius 3 is 2.06 bits per heavy atom. The van der Waals surface area contributed by atoms with Crippen molar-refractivity contribution < 1.29 is 29.4 Å². The Kier molecular flexibility index (Phi) is 9.67. The first-order valence-corrected chi connectivity index (χ1v) is 13.1. The topological polar surface area (TPSA) is 109 Å². The van der Waals surface area contributed by atoms with Crippen LogP contribution in [0.4, 0.5) is 0 Å². The van der Waals surface area contributed by atoms with Crippen LogP contribution in [0.5, 0.6) is 0 Å². The molecule has 0 aromatic rings. The normalized spacial score (nSPS) is 27.0. The average Bonchev–Trinajstić information content (AvgIpc) is 3.29. The van der Waals surface area contributed by atoms with Gasteiger partial charge < -0.3 is 10.2 Å². The molecule has 2 saturated carbocycles. The lowest BCUT2D eigenvalue weighted by Gasteiger charge is -2.34. The zero-order chi connectivity index (χ0) is 25.7. The predicted octanol–water partition coefficient (Wildman–Crippen LogP) is 5.93. The van der Waals surface area contributed by atoms with Crippen molar-refractivity contribution in [1.82, 2.24) is 0 Å². The second-order valence-electron chi connectivity index (χ2n) is 11.7. The lowest BCUT2D eigenvalue weighted by molar-refractivity contribution is -0.152. The average molecular weight is 477 g/mol. The number of carboxylic acid groups (broad SMARTS) is 2. The van der Waals surface area contributed by atoms with Gasteiger partial charge in [-0.1, -0.05) is 38.3 Å². The maximum absolute atomic E-state index is 13.2. The Labute approximate surface area is 204 Å². The molecule has 34 heavy (non-hydrogen) atoms. The molecule has 0 heterocycles. The summed E-state index contributed by atoms with van der Waals surface area (Å²) in [7, 11) is 0. The van der Waals surface area contributed by atoms with E-state index in [4.69, 9.17) is 0 Å². The first kappa shape index (κ1) is 28.3. The molecule has 2 aliphatic rings. The minimum atomic E-state index is -0.941. The highest BCUT2D eigenvalue weighted by Gasteiger charge is 2.47. The Hall–Kier alpha value is -1.98. The predicted molar refractivity (Wildman–Crippen MR) is 131 cm³/mol. The fourth-order valence-corrected chi connectivity index (χ4v) is 5.82. The number of unbranched alkanes of at least 4 members (excludes halogenated alkanes) is 1. The third-order valence-corrected chi connectivity index (χ3v) is 8.44. The zero-order valence-electron chi connectivity index (χ0n) is 21.6. The van der Waals surface area contributed by atoms with Crippen LogP contribution in [0.3, 0.4) is 0 Å². The molecule has 0 saturated heterocycles. The lowest BCUT2D eigenvalue weighted by atomic mass is 9.68. The number of ketones is 2. The van der Waals surface area contributed by atoms with Gasteiger partial charge in [-0.25, -0.2) is 0 Å². The number of hydrogen-bond acceptors (Lipinski definition) is 4. The van der Waals surface area contributed by atoms with Crippen LogP contribution in [0, 0.1) is 40.4 Å². The Balaban J connectivity index is 1.90. The van der Waals surface area contributed by atoms with E-state index in [-0.39, 0.29) is 41.2 Å². The zero-order valence-corrected chi connectivity index (χ0v) is 21.6. The van der Waals surface area contributed by atoms with E-state index in [1.807, 2.05) is 19.1 Å². The number of carbonyl (C=O) groups is 4. The van der Waals surface area contributed by atoms with E-state index in [2.05, 4.69) is 0 Å². The fourth-order valence-electron chi connectivity index (χ4n) is 5.82. The number of Topliss-reactive ketones (excluding diaryl/α,β-unsaturated/α-hetero) is 2. The van der Waals surface area contributed by atoms with Gasteiger partial charge in [0.2, 0.25) is 0 Å². The van der Waals surface area contributed by atoms with Crippen molar-refractivity contribution in [3.05, 3.63) is 12.2 Å². The number of hydrogen-bond donors (Lipinski definition) is 2. The number of aliphatic carboxylic acids is 2. The molecule has 0 amide bonds. The van der Waals surface area contributed by atoms with Gasteiger partial charge in [-0.05, 0) is 78.6 Å². The van der Waals surface area contributed by atoms with Gasteiger partial charge >= 0.3 is 11.9 Å². The van der Waals surface area contributed by atoms with E-state index in [1.54, 1.807) is 27.7 Å². The summed E-state index contributed by atoms with van der Waals surface area (Å²) < 4.78 is 0. The van der Waals surface area contributed by atoms with Crippen LogP contribution in [0.1, 0.15) is 98.8 Å². The smallest absolute Gasteiger partial charge is 0.309 e. The molecule has 192 valence electrons. The van der Waals surface area contributed by atoms with Gasteiger partial charge in [0.25, 0.3) is 0 Å². The minimum absolute atomic E-state index is 0.0277. The fraction of sp³-hybridized carbons (Fsp3) is 0.786. The summed E-state index contributed by atoms with van der Waals surface area (Å²) in [6.07, 6.45) is 11.5. The Bertz CT molecular complexity index is 793. The largest absolute Gasteiger partial charge is 0.481 e. The van der Waals surface area contributed by atoms with E-state index < -0.39 is 22.8 Å². The highest BCUT2D eigenvalue weighted by molar-refractivity contribution is 5.89. The molecule has 0 bridgehead atoms. The second-order valence-corrected chi connectivity index (χ2v) is 11.7. The standard InChI is InChI=1S/C28H44O6/c1-6-9-22(28(4,5)26(33)34)21-16-15-20(24(21)30)14-13-19-12-11-18(23(19)29)10-7-8-17-27(2,3)25(31)32/h13-14,18-22H,6-12,15-17H2,1-5H3,(H,31,32)(H,33,34). The van der Waals surface area contributed by atoms with E-state index in [9.17, 15) is 29.4 Å². The summed E-state index contributed by atoms with van der Waals surface area (Å²) >= 11 is 0. The summed E-state index contributed by atoms with van der Waals surface area (Å²) in [5.41, 5.74) is -1.67. The summed E-state index contributed by atoms with van der Waals surface area (Å²) in [4.78, 5) is 49.1. The maximum Gasteiger partial charge on any atom is 0.309 e. The summed E-state index contributed by atoms with van der Waals surface area (Å²) in [5, 5.41) is 18.9. The first-order valence-electron chi connectivity index (χ1n) is 13.1. The van der Waals surface area contributed by atoms with Gasteiger partial charge in [-0.2, -0.15) is 0 Å². The minimum Gasteiger partial charge on any atom is -0.481 e. The third kappa shape index (κ3) is 6.57. The summed E-state index contributed by atoms with van der Waals surface area (Å²) in [6, 6.07) is 0. The second kappa shape index (κ2) is 11.6. The van der Waals surface area contributed by atoms with Gasteiger partial charge in [0.15, 0.2) is 0 Å². The van der Waals surface area contributed by atoms with Crippen molar-refractivity contribution in [2.45, 2.75) is 98.8 Å². The SMILES string of the molecule is CCCC(C1CCC(C=CC2CCC(CCCCC(C)(C)C(=O)O)C2=O)C1=O)C(C)(C)C(=O)O. The van der Waals surface area contributed by atoms with Crippen LogP contribution in [-0.2, 0) is 19.2 Å². The van der Waals surface area contributed by atoms with Crippen LogP contribution in [-0.4, -0.2) is 33.7 Å². The molecule has 0 radical (unpaired) electrons. The van der Waals surface area contributed by atoms with Gasteiger partial charge in [0.05, 0.1) is 10.8 Å². The molecule has 0 aromatic heterocycles. The van der Waals surface area contributed by atoms with E-state index in [0.717, 1.165) is 51.4 Å². The molecule has 2 aliphatic carbocycles. The van der Waals surface area contributed by atoms with Crippen molar-refractivity contribution in [2.75, 3.05) is 0 Å². The molecule has 6 nitrogen and oxygen atoms in total. The molecule has 0 aliphatic heterocycles. The van der Waals surface area contributed by atoms with E-state index in [1.165, 1.54) is 0 Å². The quantitative estimate of drug-likeness (QED) is 0.252. The van der Waals surface area contributed by atoms with Crippen molar-refractivity contribution in [3.63, 3.8) is 0 Å². The molecule has 2 fully saturated rings. The number of carbonyl (C=O) groups excluding carboxylic acids is 2. The highest BCUT2D eigenvalue weighted by Crippen LogP contribution is 2.44. The van der Waals surface area contributed by atoms with Gasteiger partial charge in [0.1, 0.15) is 11.6 Å². The van der Waals surface area contributed by atoms with Crippen LogP contribution in [0.25, 0.3) is 0 Å². The van der Waals surface area contributed by atoms with Crippen molar-refractivity contribution in [2.24, 2.45) is 40.4 Å². The summed E-state index contributed by atoms with van der Waals surface area (Å²) in [5.74, 6) is -2.02. The molecule has 2 rings (SSSR count). The van der Waals surface area contributed by atoms with E-state index >= 15 is 0 Å². The molecule has 5 unspecified atom stereocenters. The van der Waals surface area contributed by atoms with E-state index in [0.29, 0.717) is 12.8 Å². The van der Waals surface area contributed by atoms with Crippen LogP contribution in [0.2, 0.25) is 0 Å². The van der Waals surface area contributed by atoms with Crippen molar-refractivity contribution >= 4 is 23.5 Å². The van der Waals surface area contributed by atoms with Gasteiger partial charge in [0, 0.05) is 23.7 Å². The number of rotatable bonds is 13. The van der Waals surface area contributed by atoms with Crippen molar-refractivity contribution in [1.29, 1.82) is 0 Å². The molecule has 0 aromatic carbocycles. The highest BCUT2D eigenvalue weighted by atomic mass is 16.4. The molecule has 5 atom stereocenters. The Morgan fingerprint density at radius 1 is 0.912 bits per heavy atom. The maximum atomic E-state index is 13.2. The number of carboxylic acids is 2. The molecule has 6 heteroatoms. The van der Waals surface area contributed by atoms with Gasteiger partial charge in [-0.3, -0.25) is 19.2 Å². The molecule has 2 N–H and O–H groups in total. The monoisotopic (exact) mass is 476 g/mol. The molecule has 0 spiro atoms. The number of allylic oxidation sites excluding steroid dienone is 2. The van der Waals surface area contributed by atoms with Crippen LogP contribution >= 0.6 is 0 Å². The first-order chi connectivity index (χ1) is 15.8. The van der Waals surface area contributed by atoms with Crippen LogP contribution < -0.4 is 0 Å². The lowest BCUT2D eigenvalue weighted by Crippen LogP contribution is -2.39. The Morgan fingerprint density at radius 2 is 1.50 bits per heavy atom. The van der Waals surface area contributed by atoms with Gasteiger partial charge in [-0.15, -0.1) is 0 Å².